The molecule has 1 atom stereocenters. The predicted molar refractivity (Wildman–Crippen MR) is 78.3 cm³/mol. The number of ether oxygens (including phenoxy) is 1. The van der Waals surface area contributed by atoms with Gasteiger partial charge >= 0.3 is 12.1 Å². The van der Waals surface area contributed by atoms with E-state index in [-0.39, 0.29) is 25.2 Å². The van der Waals surface area contributed by atoms with Crippen molar-refractivity contribution in [3.8, 4) is 0 Å². The Labute approximate surface area is 128 Å². The van der Waals surface area contributed by atoms with Gasteiger partial charge in [0.25, 0.3) is 0 Å². The van der Waals surface area contributed by atoms with Crippen LogP contribution in [0.15, 0.2) is 24.3 Å². The highest BCUT2D eigenvalue weighted by molar-refractivity contribution is 5.78. The van der Waals surface area contributed by atoms with Gasteiger partial charge < -0.3 is 4.74 Å². The molecule has 2 nitrogen and oxygen atoms in total. The van der Waals surface area contributed by atoms with Crippen LogP contribution in [0.25, 0.3) is 5.57 Å². The monoisotopic (exact) mass is 312 g/mol. The second-order valence-corrected chi connectivity index (χ2v) is 5.60. The molecule has 0 saturated carbocycles. The fourth-order valence-electron chi connectivity index (χ4n) is 2.83. The predicted octanol–water partition coefficient (Wildman–Crippen LogP) is 4.46. The van der Waals surface area contributed by atoms with Gasteiger partial charge in [0.2, 0.25) is 0 Å². The van der Waals surface area contributed by atoms with E-state index in [1.165, 1.54) is 7.11 Å². The van der Waals surface area contributed by atoms with Crippen LogP contribution in [0.1, 0.15) is 36.0 Å². The molecule has 0 heterocycles. The zero-order valence-corrected chi connectivity index (χ0v) is 12.7. The molecule has 5 heteroatoms. The fourth-order valence-corrected chi connectivity index (χ4v) is 2.83. The molecular weight excluding hydrogens is 293 g/mol. The first kappa shape index (κ1) is 16.6. The van der Waals surface area contributed by atoms with E-state index < -0.39 is 12.1 Å². The maximum absolute atomic E-state index is 12.7. The summed E-state index contributed by atoms with van der Waals surface area (Å²) in [6, 6.07) is 5.62. The largest absolute Gasteiger partial charge is 0.469 e. The van der Waals surface area contributed by atoms with Crippen molar-refractivity contribution in [1.29, 1.82) is 0 Å². The van der Waals surface area contributed by atoms with Crippen molar-refractivity contribution in [2.24, 2.45) is 5.92 Å². The molecule has 0 radical (unpaired) electrons. The Morgan fingerprint density at radius 3 is 2.64 bits per heavy atom. The first-order chi connectivity index (χ1) is 10.3. The van der Waals surface area contributed by atoms with Crippen molar-refractivity contribution >= 4 is 11.5 Å². The molecule has 1 unspecified atom stereocenters. The molecule has 0 spiro atoms. The SMILES string of the molecule is COC(=O)Cc1c(C)cccc1C1=CCC(C(F)(F)F)CC1. The highest BCUT2D eigenvalue weighted by atomic mass is 19.4. The van der Waals surface area contributed by atoms with Crippen molar-refractivity contribution in [3.63, 3.8) is 0 Å². The third kappa shape index (κ3) is 3.70. The number of carbonyl (C=O) groups excluding carboxylic acids is 1. The van der Waals surface area contributed by atoms with Gasteiger partial charge in [-0.1, -0.05) is 24.3 Å². The third-order valence-electron chi connectivity index (χ3n) is 4.18. The Morgan fingerprint density at radius 2 is 2.09 bits per heavy atom. The quantitative estimate of drug-likeness (QED) is 0.770. The van der Waals surface area contributed by atoms with Crippen molar-refractivity contribution in [1.82, 2.24) is 0 Å². The van der Waals surface area contributed by atoms with Gasteiger partial charge in [0.05, 0.1) is 19.4 Å². The van der Waals surface area contributed by atoms with Crippen LogP contribution in [-0.2, 0) is 16.0 Å². The number of benzene rings is 1. The Bertz CT molecular complexity index is 588. The average molecular weight is 312 g/mol. The summed E-state index contributed by atoms with van der Waals surface area (Å²) >= 11 is 0. The molecule has 0 fully saturated rings. The number of rotatable bonds is 3. The maximum atomic E-state index is 12.7. The molecule has 22 heavy (non-hydrogen) atoms. The van der Waals surface area contributed by atoms with E-state index in [9.17, 15) is 18.0 Å². The van der Waals surface area contributed by atoms with E-state index in [0.29, 0.717) is 6.42 Å². The Hall–Kier alpha value is -1.78. The molecule has 0 aliphatic heterocycles. The first-order valence-corrected chi connectivity index (χ1v) is 7.24. The van der Waals surface area contributed by atoms with E-state index in [2.05, 4.69) is 0 Å². The average Bonchev–Trinajstić information content (AvgIpc) is 2.48. The second kappa shape index (κ2) is 6.55. The summed E-state index contributed by atoms with van der Waals surface area (Å²) in [5, 5.41) is 0. The van der Waals surface area contributed by atoms with Gasteiger partial charge in [-0.2, -0.15) is 13.2 Å². The van der Waals surface area contributed by atoms with Crippen LogP contribution in [0.3, 0.4) is 0 Å². The minimum atomic E-state index is -4.14. The summed E-state index contributed by atoms with van der Waals surface area (Å²) in [5.74, 6) is -1.61. The molecule has 1 aliphatic carbocycles. The lowest BCUT2D eigenvalue weighted by molar-refractivity contribution is -0.175. The third-order valence-corrected chi connectivity index (χ3v) is 4.18. The van der Waals surface area contributed by atoms with E-state index in [1.807, 2.05) is 25.1 Å². The summed E-state index contributed by atoms with van der Waals surface area (Å²) in [4.78, 5) is 11.6. The minimum Gasteiger partial charge on any atom is -0.469 e. The molecule has 0 N–H and O–H groups in total. The summed E-state index contributed by atoms with van der Waals surface area (Å²) in [5.41, 5.74) is 3.54. The van der Waals surface area contributed by atoms with Crippen molar-refractivity contribution < 1.29 is 22.7 Å². The van der Waals surface area contributed by atoms with Crippen LogP contribution in [0.2, 0.25) is 0 Å². The van der Waals surface area contributed by atoms with Gasteiger partial charge in [0.1, 0.15) is 0 Å². The number of halogens is 3. The number of methoxy groups -OCH3 is 1. The van der Waals surface area contributed by atoms with E-state index in [4.69, 9.17) is 4.74 Å². The lowest BCUT2D eigenvalue weighted by Gasteiger charge is -2.25. The number of aryl methyl sites for hydroxylation is 1. The minimum absolute atomic E-state index is 0.00440. The summed E-state index contributed by atoms with van der Waals surface area (Å²) in [6.07, 6.45) is -1.85. The lowest BCUT2D eigenvalue weighted by Crippen LogP contribution is -2.24. The van der Waals surface area contributed by atoms with Gasteiger partial charge in [-0.25, -0.2) is 0 Å². The second-order valence-electron chi connectivity index (χ2n) is 5.60. The summed E-state index contributed by atoms with van der Waals surface area (Å²) in [7, 11) is 1.33. The molecule has 1 aromatic rings. The molecule has 2 rings (SSSR count). The molecule has 0 bridgehead atoms. The number of carbonyl (C=O) groups is 1. The number of alkyl halides is 3. The fraction of sp³-hybridized carbons (Fsp3) is 0.471. The zero-order chi connectivity index (χ0) is 16.3. The van der Waals surface area contributed by atoms with Crippen LogP contribution in [0.5, 0.6) is 0 Å². The lowest BCUT2D eigenvalue weighted by atomic mass is 9.83. The Kier molecular flexibility index (Phi) is 4.94. The van der Waals surface area contributed by atoms with Crippen LogP contribution in [0.4, 0.5) is 13.2 Å². The van der Waals surface area contributed by atoms with Gasteiger partial charge in [-0.15, -0.1) is 0 Å². The van der Waals surface area contributed by atoms with Crippen LogP contribution < -0.4 is 0 Å². The van der Waals surface area contributed by atoms with Crippen LogP contribution in [0, 0.1) is 12.8 Å². The van der Waals surface area contributed by atoms with Crippen LogP contribution in [-0.4, -0.2) is 19.3 Å². The van der Waals surface area contributed by atoms with Crippen molar-refractivity contribution in [2.45, 2.75) is 38.8 Å². The normalized spacial score (nSPS) is 18.8. The first-order valence-electron chi connectivity index (χ1n) is 7.24. The number of hydrogen-bond donors (Lipinski definition) is 0. The molecule has 1 aliphatic rings. The highest BCUT2D eigenvalue weighted by Crippen LogP contribution is 2.40. The molecule has 120 valence electrons. The highest BCUT2D eigenvalue weighted by Gasteiger charge is 2.39. The summed E-state index contributed by atoms with van der Waals surface area (Å²) in [6.45, 7) is 1.89. The molecule has 0 saturated heterocycles. The number of esters is 1. The van der Waals surface area contributed by atoms with E-state index >= 15 is 0 Å². The van der Waals surface area contributed by atoms with Gasteiger partial charge in [-0.3, -0.25) is 4.79 Å². The van der Waals surface area contributed by atoms with Crippen molar-refractivity contribution in [2.75, 3.05) is 7.11 Å². The smallest absolute Gasteiger partial charge is 0.392 e. The van der Waals surface area contributed by atoms with Gasteiger partial charge in [-0.05, 0) is 48.4 Å². The van der Waals surface area contributed by atoms with Gasteiger partial charge in [0.15, 0.2) is 0 Å². The summed E-state index contributed by atoms with van der Waals surface area (Å²) < 4.78 is 42.9. The number of allylic oxidation sites excluding steroid dienone is 2. The molecule has 1 aromatic carbocycles. The Balaban J connectivity index is 2.28. The zero-order valence-electron chi connectivity index (χ0n) is 12.7. The Morgan fingerprint density at radius 1 is 1.36 bits per heavy atom. The standard InChI is InChI=1S/C17H19F3O2/c1-11-4-3-5-14(15(11)10-16(21)22-2)12-6-8-13(9-7-12)17(18,19)20/h3-6,13H,7-10H2,1-2H3. The maximum Gasteiger partial charge on any atom is 0.392 e. The molecule has 0 amide bonds. The number of hydrogen-bond acceptors (Lipinski definition) is 2. The van der Waals surface area contributed by atoms with Crippen molar-refractivity contribution in [3.05, 3.63) is 41.0 Å². The molecule has 0 aromatic heterocycles. The van der Waals surface area contributed by atoms with E-state index in [0.717, 1.165) is 22.3 Å². The van der Waals surface area contributed by atoms with E-state index in [1.54, 1.807) is 6.08 Å². The van der Waals surface area contributed by atoms with Gasteiger partial charge in [0, 0.05) is 0 Å². The topological polar surface area (TPSA) is 26.3 Å². The molecular formula is C17H19F3O2. The van der Waals surface area contributed by atoms with Crippen LogP contribution >= 0.6 is 0 Å².